The van der Waals surface area contributed by atoms with Crippen LogP contribution in [0.3, 0.4) is 0 Å². The van der Waals surface area contributed by atoms with E-state index in [9.17, 15) is 4.79 Å². The molecule has 5 nitrogen and oxygen atoms in total. The van der Waals surface area contributed by atoms with Gasteiger partial charge in [-0.1, -0.05) is 37.6 Å². The molecule has 1 aliphatic carbocycles. The van der Waals surface area contributed by atoms with Crippen LogP contribution >= 0.6 is 0 Å². The molecule has 1 aliphatic rings. The molecule has 1 aromatic carbocycles. The van der Waals surface area contributed by atoms with Crippen LogP contribution in [0, 0.1) is 6.92 Å². The summed E-state index contributed by atoms with van der Waals surface area (Å²) in [6.45, 7) is 3.94. The smallest absolute Gasteiger partial charge is 0.253 e. The minimum absolute atomic E-state index is 0.167. The normalized spacial score (nSPS) is 15.8. The lowest BCUT2D eigenvalue weighted by molar-refractivity contribution is 0.419. The molecular formula is C20H22N4O. The molecule has 1 N–H and O–H groups in total. The van der Waals surface area contributed by atoms with Crippen molar-refractivity contribution in [1.82, 2.24) is 19.7 Å². The predicted octanol–water partition coefficient (Wildman–Crippen LogP) is 3.68. The van der Waals surface area contributed by atoms with Crippen LogP contribution in [0.1, 0.15) is 60.5 Å². The molecule has 0 radical (unpaired) electrons. The van der Waals surface area contributed by atoms with Crippen LogP contribution in [0.25, 0.3) is 5.82 Å². The third-order valence-electron chi connectivity index (χ3n) is 5.20. The molecule has 0 aliphatic heterocycles. The largest absolute Gasteiger partial charge is 0.311 e. The molecule has 1 saturated carbocycles. The summed E-state index contributed by atoms with van der Waals surface area (Å²) < 4.78 is 1.66. The van der Waals surface area contributed by atoms with Crippen molar-refractivity contribution in [3.8, 4) is 5.82 Å². The van der Waals surface area contributed by atoms with E-state index in [1.807, 2.05) is 12.4 Å². The Morgan fingerprint density at radius 3 is 2.60 bits per heavy atom. The number of nitrogens with one attached hydrogen (secondary N) is 1. The van der Waals surface area contributed by atoms with Crippen molar-refractivity contribution in [1.29, 1.82) is 0 Å². The molecule has 128 valence electrons. The van der Waals surface area contributed by atoms with Crippen LogP contribution < -0.4 is 5.56 Å². The molecular weight excluding hydrogens is 312 g/mol. The highest BCUT2D eigenvalue weighted by Crippen LogP contribution is 2.37. The van der Waals surface area contributed by atoms with Crippen LogP contribution in [0.5, 0.6) is 0 Å². The van der Waals surface area contributed by atoms with Crippen LogP contribution in [-0.4, -0.2) is 19.7 Å². The highest BCUT2D eigenvalue weighted by atomic mass is 16.1. The van der Waals surface area contributed by atoms with Gasteiger partial charge in [-0.25, -0.2) is 9.67 Å². The van der Waals surface area contributed by atoms with Gasteiger partial charge >= 0.3 is 0 Å². The number of H-pyrrole nitrogens is 1. The molecule has 0 amide bonds. The van der Waals surface area contributed by atoms with E-state index in [4.69, 9.17) is 0 Å². The fourth-order valence-electron chi connectivity index (χ4n) is 3.36. The third kappa shape index (κ3) is 3.14. The minimum atomic E-state index is -0.167. The maximum atomic E-state index is 11.6. The van der Waals surface area contributed by atoms with Gasteiger partial charge < -0.3 is 4.98 Å². The van der Waals surface area contributed by atoms with Gasteiger partial charge in [-0.3, -0.25) is 4.79 Å². The van der Waals surface area contributed by atoms with Crippen molar-refractivity contribution >= 4 is 0 Å². The first-order valence-corrected chi connectivity index (χ1v) is 8.83. The van der Waals surface area contributed by atoms with Crippen LogP contribution in [-0.2, 0) is 0 Å². The van der Waals surface area contributed by atoms with Gasteiger partial charge in [0.25, 0.3) is 5.56 Å². The van der Waals surface area contributed by atoms with E-state index < -0.39 is 0 Å². The topological polar surface area (TPSA) is 63.6 Å². The van der Waals surface area contributed by atoms with Gasteiger partial charge in [0, 0.05) is 18.2 Å². The minimum Gasteiger partial charge on any atom is -0.311 e. The lowest BCUT2D eigenvalue weighted by Crippen LogP contribution is -2.12. The zero-order valence-corrected chi connectivity index (χ0v) is 14.6. The van der Waals surface area contributed by atoms with E-state index >= 15 is 0 Å². The average Bonchev–Trinajstić information content (AvgIpc) is 3.02. The number of benzene rings is 1. The highest BCUT2D eigenvalue weighted by molar-refractivity contribution is 5.34. The molecule has 0 spiro atoms. The lowest BCUT2D eigenvalue weighted by Gasteiger charge is -2.26. The summed E-state index contributed by atoms with van der Waals surface area (Å²) in [4.78, 5) is 18.6. The Bertz CT molecular complexity index is 935. The lowest BCUT2D eigenvalue weighted by atomic mass is 9.79. The number of rotatable bonds is 4. The molecule has 3 aromatic rings. The standard InChI is InChI=1S/C20H22N4O/c1-13(15-6-8-17(9-7-15)16-4-3-5-16)18-11-21-24(12-18)19-10-20(25)23-14(2)22-19/h6-13,16H,3-5H2,1-2H3,(H,22,23,25). The molecule has 1 unspecified atom stereocenters. The van der Waals surface area contributed by atoms with Gasteiger partial charge in [-0.15, -0.1) is 0 Å². The van der Waals surface area contributed by atoms with Gasteiger partial charge in [-0.2, -0.15) is 5.10 Å². The quantitative estimate of drug-likeness (QED) is 0.791. The second-order valence-electron chi connectivity index (χ2n) is 6.92. The molecule has 1 fully saturated rings. The van der Waals surface area contributed by atoms with E-state index in [1.54, 1.807) is 11.6 Å². The molecule has 0 bridgehead atoms. The molecule has 1 atom stereocenters. The molecule has 5 heteroatoms. The van der Waals surface area contributed by atoms with Crippen molar-refractivity contribution in [2.45, 2.75) is 44.9 Å². The molecule has 2 aromatic heterocycles. The number of hydrogen-bond acceptors (Lipinski definition) is 3. The molecule has 2 heterocycles. The fraction of sp³-hybridized carbons (Fsp3) is 0.350. The summed E-state index contributed by atoms with van der Waals surface area (Å²) in [6.07, 6.45) is 7.81. The Hall–Kier alpha value is -2.69. The van der Waals surface area contributed by atoms with Crippen molar-refractivity contribution in [3.63, 3.8) is 0 Å². The Labute approximate surface area is 146 Å². The maximum absolute atomic E-state index is 11.6. The maximum Gasteiger partial charge on any atom is 0.253 e. The fourth-order valence-corrected chi connectivity index (χ4v) is 3.36. The van der Waals surface area contributed by atoms with Gasteiger partial charge in [0.2, 0.25) is 0 Å². The third-order valence-corrected chi connectivity index (χ3v) is 5.20. The molecule has 25 heavy (non-hydrogen) atoms. The number of aryl methyl sites for hydroxylation is 1. The van der Waals surface area contributed by atoms with Crippen molar-refractivity contribution < 1.29 is 0 Å². The second-order valence-corrected chi connectivity index (χ2v) is 6.92. The van der Waals surface area contributed by atoms with E-state index in [0.29, 0.717) is 11.6 Å². The average molecular weight is 334 g/mol. The second kappa shape index (κ2) is 6.31. The monoisotopic (exact) mass is 334 g/mol. The van der Waals surface area contributed by atoms with Crippen molar-refractivity contribution in [3.05, 3.63) is 75.6 Å². The van der Waals surface area contributed by atoms with E-state index in [0.717, 1.165) is 11.5 Å². The van der Waals surface area contributed by atoms with Crippen LogP contribution in [0.2, 0.25) is 0 Å². The zero-order valence-electron chi connectivity index (χ0n) is 14.6. The molecule has 4 rings (SSSR count). The Morgan fingerprint density at radius 1 is 1.20 bits per heavy atom. The van der Waals surface area contributed by atoms with Gasteiger partial charge in [0.05, 0.1) is 6.20 Å². The van der Waals surface area contributed by atoms with Crippen molar-refractivity contribution in [2.75, 3.05) is 0 Å². The Morgan fingerprint density at radius 2 is 1.96 bits per heavy atom. The summed E-state index contributed by atoms with van der Waals surface area (Å²) >= 11 is 0. The Kier molecular flexibility index (Phi) is 3.99. The number of hydrogen-bond donors (Lipinski definition) is 1. The summed E-state index contributed by atoms with van der Waals surface area (Å²) in [6, 6.07) is 10.4. The van der Waals surface area contributed by atoms with E-state index in [2.05, 4.69) is 46.3 Å². The summed E-state index contributed by atoms with van der Waals surface area (Å²) in [5.74, 6) is 2.13. The Balaban J connectivity index is 1.57. The van der Waals surface area contributed by atoms with Gasteiger partial charge in [0.15, 0.2) is 5.82 Å². The number of aromatic nitrogens is 4. The van der Waals surface area contributed by atoms with E-state index in [-0.39, 0.29) is 11.5 Å². The van der Waals surface area contributed by atoms with Crippen LogP contribution in [0.15, 0.2) is 47.5 Å². The van der Waals surface area contributed by atoms with Gasteiger partial charge in [0.1, 0.15) is 5.82 Å². The number of aromatic amines is 1. The van der Waals surface area contributed by atoms with Crippen LogP contribution in [0.4, 0.5) is 0 Å². The SMILES string of the molecule is Cc1nc(-n2cc(C(C)c3ccc(C4CCC4)cc3)cn2)cc(=O)[nH]1. The first kappa shape index (κ1) is 15.8. The first-order chi connectivity index (χ1) is 12.1. The van der Waals surface area contributed by atoms with E-state index in [1.165, 1.54) is 36.5 Å². The molecule has 0 saturated heterocycles. The summed E-state index contributed by atoms with van der Waals surface area (Å²) in [5, 5.41) is 4.38. The summed E-state index contributed by atoms with van der Waals surface area (Å²) in [5.41, 5.74) is 3.68. The highest BCUT2D eigenvalue weighted by Gasteiger charge is 2.19. The first-order valence-electron chi connectivity index (χ1n) is 8.83. The van der Waals surface area contributed by atoms with Gasteiger partial charge in [-0.05, 0) is 42.4 Å². The number of nitrogens with zero attached hydrogens (tertiary/aromatic N) is 3. The van der Waals surface area contributed by atoms with Crippen molar-refractivity contribution in [2.24, 2.45) is 0 Å². The summed E-state index contributed by atoms with van der Waals surface area (Å²) in [7, 11) is 0. The zero-order chi connectivity index (χ0) is 17.4. The predicted molar refractivity (Wildman–Crippen MR) is 97.3 cm³/mol.